The van der Waals surface area contributed by atoms with E-state index in [1.807, 2.05) is 25.1 Å². The van der Waals surface area contributed by atoms with E-state index in [0.29, 0.717) is 42.1 Å². The number of likely N-dealkylation sites (tertiary alicyclic amines) is 1. The number of hydrogen-bond acceptors (Lipinski definition) is 7. The summed E-state index contributed by atoms with van der Waals surface area (Å²) >= 11 is 6.23. The molecule has 1 aliphatic heterocycles. The van der Waals surface area contributed by atoms with Gasteiger partial charge in [0.05, 0.1) is 11.6 Å². The summed E-state index contributed by atoms with van der Waals surface area (Å²) in [6.07, 6.45) is 6.22. The van der Waals surface area contributed by atoms with E-state index in [9.17, 15) is 23.5 Å². The molecule has 1 aromatic rings. The van der Waals surface area contributed by atoms with Crippen molar-refractivity contribution in [3.8, 4) is 0 Å². The molecule has 0 aliphatic carbocycles. The number of halogens is 1. The summed E-state index contributed by atoms with van der Waals surface area (Å²) < 4.78 is 11.1. The third-order valence-electron chi connectivity index (χ3n) is 5.42. The molecular formula is C24H38BFN3O4S2UVW2-3. The molecule has 2 unspecified atom stereocenters. The number of rotatable bonds is 7. The number of amides is 2. The van der Waals surface area contributed by atoms with Crippen LogP contribution in [0, 0.1) is 38.5 Å². The van der Waals surface area contributed by atoms with Crippen molar-refractivity contribution in [3.05, 3.63) is 42.8 Å². The Morgan fingerprint density at radius 3 is 2.23 bits per heavy atom. The van der Waals surface area contributed by atoms with Crippen molar-refractivity contribution in [3.63, 3.8) is 0 Å². The molecule has 1 fully saturated rings. The van der Waals surface area contributed by atoms with Crippen LogP contribution < -0.4 is 5.32 Å². The van der Waals surface area contributed by atoms with Crippen LogP contribution >= 0.6 is 0 Å². The largest absolute Gasteiger partial charge is 0.358 e. The Kier molecular flexibility index (Phi) is 31.0. The van der Waals surface area contributed by atoms with Gasteiger partial charge in [-0.05, 0) is 57.2 Å². The average Bonchev–Trinajstić information content (AvgIpc) is 3.31. The Morgan fingerprint density at radius 2 is 1.79 bits per heavy atom. The van der Waals surface area contributed by atoms with E-state index in [1.54, 1.807) is 32.4 Å². The summed E-state index contributed by atoms with van der Waals surface area (Å²) in [6.45, 7) is 9.83. The molecular weight excluding hydrogens is 1140 g/mol. The standard InChI is InChI=1S/C22H32BN3O4.CH4S.CH3.FS.U.V.2W/c1-6-17(18-13-16(14(3)4)10-11-19(18)24-7-2)21(27)25-15(5)22(28)26-12-8-9-20(26)23(29)30;1-2;;1-2;;;;/h6-7,10-11,13-15,20,29-30H,8-9,12H2,1-5H3,(H,25,27);2H,1H3;1H3;;;;;/q;;2*-1;;;;/p-1/b17-6+,24-7?;;;;;;;. The van der Waals surface area contributed by atoms with Gasteiger partial charge < -0.3 is 40.3 Å². The first-order chi connectivity index (χ1) is 16.9. The zero-order chi connectivity index (χ0) is 28.0. The van der Waals surface area contributed by atoms with E-state index in [4.69, 9.17) is 0 Å². The van der Waals surface area contributed by atoms with Crippen molar-refractivity contribution in [2.75, 3.05) is 12.8 Å². The van der Waals surface area contributed by atoms with Gasteiger partial charge in [-0.3, -0.25) is 14.6 Å². The third-order valence-corrected chi connectivity index (χ3v) is 5.42. The average molecular weight is 1180 g/mol. The quantitative estimate of drug-likeness (QED) is 0.128. The van der Waals surface area contributed by atoms with E-state index in [0.717, 1.165) is 41.6 Å². The molecule has 2 amide bonds. The van der Waals surface area contributed by atoms with Gasteiger partial charge in [0.1, 0.15) is 6.04 Å². The van der Waals surface area contributed by atoms with Crippen molar-refractivity contribution in [2.24, 2.45) is 4.99 Å². The normalized spacial score (nSPS) is 15.0. The van der Waals surface area contributed by atoms with Crippen molar-refractivity contribution in [2.45, 2.75) is 65.4 Å². The molecule has 15 heteroatoms. The second kappa shape index (κ2) is 25.7. The maximum Gasteiger partial charge on any atom is 0 e. The van der Waals surface area contributed by atoms with E-state index in [2.05, 4.69) is 36.8 Å². The number of nitrogens with one attached hydrogen (secondary N) is 1. The summed E-state index contributed by atoms with van der Waals surface area (Å²) in [5.74, 6) is -1.03. The molecule has 0 spiro atoms. The van der Waals surface area contributed by atoms with Crippen LogP contribution in [0.3, 0.4) is 0 Å². The molecule has 0 saturated carbocycles. The van der Waals surface area contributed by atoms with Gasteiger partial charge >= 0.3 is 52.7 Å². The first-order valence-corrected chi connectivity index (χ1v) is 20.3. The van der Waals surface area contributed by atoms with Crippen LogP contribution in [-0.4, -0.2) is 64.9 Å². The fraction of sp³-hybridized carbons (Fsp3) is 0.500. The summed E-state index contributed by atoms with van der Waals surface area (Å²) in [7, 11) is -1.58. The Morgan fingerprint density at radius 1 is 1.26 bits per heavy atom. The zero-order valence-corrected chi connectivity index (χ0v) is 36.4. The van der Waals surface area contributed by atoms with Gasteiger partial charge in [-0.25, -0.2) is 0 Å². The van der Waals surface area contributed by atoms with Crippen molar-refractivity contribution >= 4 is 54.7 Å². The van der Waals surface area contributed by atoms with E-state index in [-0.39, 0.29) is 68.9 Å². The second-order valence-electron chi connectivity index (χ2n) is 8.06. The fourth-order valence-corrected chi connectivity index (χ4v) is 3.75. The molecule has 1 heterocycles. The summed E-state index contributed by atoms with van der Waals surface area (Å²) in [6, 6.07) is 5.07. The molecule has 1 aliphatic rings. The minimum Gasteiger partial charge on any atom is -0.358 e. The van der Waals surface area contributed by atoms with Crippen molar-refractivity contribution < 1.29 is 109 Å². The van der Waals surface area contributed by atoms with Crippen molar-refractivity contribution in [1.82, 2.24) is 10.2 Å². The van der Waals surface area contributed by atoms with E-state index in [1.165, 1.54) is 4.90 Å². The molecule has 2 rings (SSSR count). The van der Waals surface area contributed by atoms with Gasteiger partial charge in [0.2, 0.25) is 5.91 Å². The molecule has 219 valence electrons. The number of nitrogens with zero attached hydrogens (tertiary/aromatic N) is 2. The van der Waals surface area contributed by atoms with Crippen LogP contribution in [0.2, 0.25) is 0 Å². The first kappa shape index (κ1) is 47.1. The van der Waals surface area contributed by atoms with E-state index >= 15 is 0 Å². The van der Waals surface area contributed by atoms with Crippen LogP contribution in [0.4, 0.5) is 9.57 Å². The number of carbonyl (C=O) groups is 2. The smallest absolute Gasteiger partial charge is 0 e. The van der Waals surface area contributed by atoms with Crippen LogP contribution in [-0.2, 0) is 82.4 Å². The van der Waals surface area contributed by atoms with Gasteiger partial charge in [-0.15, -0.1) is 0 Å². The fourth-order valence-electron chi connectivity index (χ4n) is 3.75. The molecule has 1 aromatic carbocycles. The first-order valence-electron chi connectivity index (χ1n) is 11.4. The van der Waals surface area contributed by atoms with Crippen LogP contribution in [0.25, 0.3) is 5.57 Å². The predicted octanol–water partition coefficient (Wildman–Crippen LogP) is 3.47. The van der Waals surface area contributed by atoms with Crippen molar-refractivity contribution in [1.29, 1.82) is 0 Å². The van der Waals surface area contributed by atoms with Gasteiger partial charge in [0.15, 0.2) is 0 Å². The van der Waals surface area contributed by atoms with Gasteiger partial charge in [0.25, 0.3) is 5.91 Å². The number of carbonyl (C=O) groups excluding carboxylic acids is 2. The van der Waals surface area contributed by atoms with Crippen LogP contribution in [0.15, 0.2) is 29.3 Å². The van der Waals surface area contributed by atoms with Gasteiger partial charge in [-0.1, -0.05) is 26.0 Å². The molecule has 1 radical (unpaired) electrons. The Hall–Kier alpha value is 1.20. The topological polar surface area (TPSA) is 102 Å². The summed E-state index contributed by atoms with van der Waals surface area (Å²) in [5, 5.41) is 21.8. The Balaban J connectivity index is -0.000000623. The van der Waals surface area contributed by atoms with Crippen LogP contribution in [0.1, 0.15) is 64.5 Å². The SMILES string of the molecule is CC=Nc1ccc(C(C)C)cc1/C(=C\C)C(=O)NC(C)C(=O)N1CCCC1B(O)O.C[S-].F[S-](=[W])=[W].[CH3-].[U].[V]. The molecule has 2 atom stereocenters. The molecule has 7 nitrogen and oxygen atoms in total. The minimum absolute atomic E-state index is 0. The number of benzene rings is 1. The van der Waals surface area contributed by atoms with E-state index < -0.39 is 24.8 Å². The molecule has 1 saturated heterocycles. The number of allylic oxidation sites excluding steroid dienone is 1. The van der Waals surface area contributed by atoms with Crippen LogP contribution in [0.5, 0.6) is 0 Å². The maximum atomic E-state index is 13.1. The summed E-state index contributed by atoms with van der Waals surface area (Å²) in [4.78, 5) is 31.7. The Bertz CT molecular complexity index is 1010. The van der Waals surface area contributed by atoms with Gasteiger partial charge in [0, 0.05) is 73.6 Å². The summed E-state index contributed by atoms with van der Waals surface area (Å²) in [5.41, 5.74) is 2.24. The number of hydrogen-bond donors (Lipinski definition) is 3. The monoisotopic (exact) mass is 1180 g/mol. The molecule has 3 N–H and O–H groups in total. The second-order valence-corrected chi connectivity index (χ2v) is 24.6. The minimum atomic E-state index is -1.58. The molecule has 39 heavy (non-hydrogen) atoms. The number of aliphatic imine (C=N–C) groups is 1. The molecule has 0 aromatic heterocycles. The zero-order valence-electron chi connectivity index (χ0n) is 23.4. The predicted molar refractivity (Wildman–Crippen MR) is 149 cm³/mol. The Labute approximate surface area is 296 Å². The van der Waals surface area contributed by atoms with Gasteiger partial charge in [-0.2, -0.15) is 6.26 Å². The third kappa shape index (κ3) is 16.6. The maximum absolute atomic E-state index is 13.1. The molecule has 0 bridgehead atoms.